The quantitative estimate of drug-likeness (QED) is 0.842. The Hall–Kier alpha value is -2.42. The van der Waals surface area contributed by atoms with E-state index in [1.54, 1.807) is 6.92 Å². The standard InChI is InChI=1S/C14H14FN3O4S/c1-8-2-3-9-6-10(15)4-5-11(9)18(8)23(21,22)12-7-16-14(20)17-13(12)19/h4-8H,2-3H2,1H3,(H2,16,17,19,20)/t8-/m1/s1. The van der Waals surface area contributed by atoms with Crippen LogP contribution in [0, 0.1) is 5.82 Å². The molecular weight excluding hydrogens is 325 g/mol. The van der Waals surface area contributed by atoms with Crippen LogP contribution in [0.1, 0.15) is 18.9 Å². The summed E-state index contributed by atoms with van der Waals surface area (Å²) >= 11 is 0. The Bertz CT molecular complexity index is 980. The molecule has 9 heteroatoms. The number of aromatic nitrogens is 2. The van der Waals surface area contributed by atoms with Crippen molar-refractivity contribution < 1.29 is 12.8 Å². The van der Waals surface area contributed by atoms with Gasteiger partial charge in [0, 0.05) is 12.2 Å². The number of H-pyrrole nitrogens is 2. The highest BCUT2D eigenvalue weighted by atomic mass is 32.2. The minimum Gasteiger partial charge on any atom is -0.313 e. The van der Waals surface area contributed by atoms with E-state index >= 15 is 0 Å². The molecule has 1 aliphatic heterocycles. The van der Waals surface area contributed by atoms with Crippen LogP contribution in [0.3, 0.4) is 0 Å². The number of benzene rings is 1. The molecule has 0 fully saturated rings. The van der Waals surface area contributed by atoms with E-state index in [1.807, 2.05) is 4.98 Å². The molecule has 0 amide bonds. The van der Waals surface area contributed by atoms with Crippen LogP contribution < -0.4 is 15.6 Å². The molecule has 1 aliphatic rings. The van der Waals surface area contributed by atoms with Crippen molar-refractivity contribution in [3.8, 4) is 0 Å². The molecule has 0 saturated heterocycles. The van der Waals surface area contributed by atoms with Crippen LogP contribution >= 0.6 is 0 Å². The Kier molecular flexibility index (Phi) is 3.59. The predicted molar refractivity (Wildman–Crippen MR) is 81.5 cm³/mol. The number of hydrogen-bond acceptors (Lipinski definition) is 4. The number of fused-ring (bicyclic) bond motifs is 1. The summed E-state index contributed by atoms with van der Waals surface area (Å²) in [5.74, 6) is -0.447. The molecule has 0 spiro atoms. The van der Waals surface area contributed by atoms with Gasteiger partial charge in [-0.15, -0.1) is 0 Å². The van der Waals surface area contributed by atoms with Gasteiger partial charge in [-0.3, -0.25) is 14.1 Å². The third kappa shape index (κ3) is 2.56. The van der Waals surface area contributed by atoms with E-state index in [4.69, 9.17) is 0 Å². The molecule has 0 saturated carbocycles. The lowest BCUT2D eigenvalue weighted by molar-refractivity contribution is 0.558. The van der Waals surface area contributed by atoms with E-state index in [2.05, 4.69) is 4.98 Å². The van der Waals surface area contributed by atoms with Gasteiger partial charge in [0.1, 0.15) is 5.82 Å². The van der Waals surface area contributed by atoms with Crippen molar-refractivity contribution in [1.29, 1.82) is 0 Å². The van der Waals surface area contributed by atoms with Gasteiger partial charge >= 0.3 is 5.69 Å². The number of sulfonamides is 1. The number of nitrogens with one attached hydrogen (secondary N) is 2. The average Bonchev–Trinajstić information content (AvgIpc) is 2.46. The zero-order valence-electron chi connectivity index (χ0n) is 12.2. The summed E-state index contributed by atoms with van der Waals surface area (Å²) in [4.78, 5) is 26.4. The van der Waals surface area contributed by atoms with Crippen molar-refractivity contribution in [1.82, 2.24) is 9.97 Å². The maximum atomic E-state index is 13.4. The third-order valence-corrected chi connectivity index (χ3v) is 5.77. The van der Waals surface area contributed by atoms with Gasteiger partial charge in [-0.2, -0.15) is 0 Å². The molecule has 0 aliphatic carbocycles. The minimum atomic E-state index is -4.19. The van der Waals surface area contributed by atoms with Gasteiger partial charge in [0.15, 0.2) is 4.90 Å². The summed E-state index contributed by atoms with van der Waals surface area (Å²) in [5.41, 5.74) is -0.874. The van der Waals surface area contributed by atoms with Crippen LogP contribution in [0.4, 0.5) is 10.1 Å². The molecule has 0 unspecified atom stereocenters. The molecule has 0 radical (unpaired) electrons. The fourth-order valence-electron chi connectivity index (χ4n) is 2.75. The third-order valence-electron chi connectivity index (χ3n) is 3.83. The monoisotopic (exact) mass is 339 g/mol. The van der Waals surface area contributed by atoms with Gasteiger partial charge in [-0.25, -0.2) is 17.6 Å². The fraction of sp³-hybridized carbons (Fsp3) is 0.286. The van der Waals surface area contributed by atoms with Crippen molar-refractivity contribution >= 4 is 15.7 Å². The average molecular weight is 339 g/mol. The molecule has 2 N–H and O–H groups in total. The highest BCUT2D eigenvalue weighted by Gasteiger charge is 2.35. The Balaban J connectivity index is 2.20. The topological polar surface area (TPSA) is 103 Å². The van der Waals surface area contributed by atoms with E-state index < -0.39 is 38.0 Å². The maximum absolute atomic E-state index is 13.4. The maximum Gasteiger partial charge on any atom is 0.325 e. The van der Waals surface area contributed by atoms with Gasteiger partial charge in [-0.1, -0.05) is 0 Å². The molecule has 7 nitrogen and oxygen atoms in total. The fourth-order valence-corrected chi connectivity index (χ4v) is 4.47. The largest absolute Gasteiger partial charge is 0.325 e. The zero-order chi connectivity index (χ0) is 16.8. The first kappa shape index (κ1) is 15.5. The number of aryl methyl sites for hydroxylation is 1. The first-order chi connectivity index (χ1) is 10.8. The van der Waals surface area contributed by atoms with E-state index in [0.29, 0.717) is 24.1 Å². The molecule has 0 bridgehead atoms. The summed E-state index contributed by atoms with van der Waals surface area (Å²) in [6, 6.07) is 3.46. The lowest BCUT2D eigenvalue weighted by Crippen LogP contribution is -2.44. The number of aromatic amines is 2. The first-order valence-electron chi connectivity index (χ1n) is 6.95. The van der Waals surface area contributed by atoms with Crippen molar-refractivity contribution in [2.24, 2.45) is 0 Å². The predicted octanol–water partition coefficient (Wildman–Crippen LogP) is 0.732. The Morgan fingerprint density at radius 2 is 2.04 bits per heavy atom. The molecule has 1 aromatic heterocycles. The minimum absolute atomic E-state index is 0.343. The number of hydrogen-bond donors (Lipinski definition) is 2. The first-order valence-corrected chi connectivity index (χ1v) is 8.39. The highest BCUT2D eigenvalue weighted by molar-refractivity contribution is 7.92. The molecule has 2 heterocycles. The van der Waals surface area contributed by atoms with Crippen LogP contribution in [-0.4, -0.2) is 24.4 Å². The van der Waals surface area contributed by atoms with Crippen molar-refractivity contribution in [2.75, 3.05) is 4.31 Å². The number of halogens is 1. The summed E-state index contributed by atoms with van der Waals surface area (Å²) in [6.07, 6.45) is 1.92. The summed E-state index contributed by atoms with van der Waals surface area (Å²) < 4.78 is 40.2. The second-order valence-electron chi connectivity index (χ2n) is 5.40. The van der Waals surface area contributed by atoms with Crippen molar-refractivity contribution in [2.45, 2.75) is 30.7 Å². The lowest BCUT2D eigenvalue weighted by atomic mass is 9.99. The second kappa shape index (κ2) is 5.34. The van der Waals surface area contributed by atoms with Gasteiger partial charge in [-0.05, 0) is 43.5 Å². The summed E-state index contributed by atoms with van der Waals surface area (Å²) in [6.45, 7) is 1.71. The number of anilines is 1. The van der Waals surface area contributed by atoms with E-state index in [1.165, 1.54) is 18.2 Å². The molecule has 3 rings (SSSR count). The van der Waals surface area contributed by atoms with Gasteiger partial charge in [0.25, 0.3) is 15.6 Å². The zero-order valence-corrected chi connectivity index (χ0v) is 13.0. The van der Waals surface area contributed by atoms with E-state index in [-0.39, 0.29) is 0 Å². The smallest absolute Gasteiger partial charge is 0.313 e. The van der Waals surface area contributed by atoms with Gasteiger partial charge in [0.05, 0.1) is 5.69 Å². The van der Waals surface area contributed by atoms with Crippen LogP contribution in [0.15, 0.2) is 38.9 Å². The van der Waals surface area contributed by atoms with E-state index in [9.17, 15) is 22.4 Å². The van der Waals surface area contributed by atoms with E-state index in [0.717, 1.165) is 10.5 Å². The number of rotatable bonds is 2. The normalized spacial score (nSPS) is 17.8. The molecule has 2 aromatic rings. The Morgan fingerprint density at radius 1 is 1.30 bits per heavy atom. The highest BCUT2D eigenvalue weighted by Crippen LogP contribution is 2.34. The van der Waals surface area contributed by atoms with Crippen LogP contribution in [0.5, 0.6) is 0 Å². The molecule has 1 atom stereocenters. The lowest BCUT2D eigenvalue weighted by Gasteiger charge is -2.35. The summed E-state index contributed by atoms with van der Waals surface area (Å²) in [7, 11) is -4.19. The van der Waals surface area contributed by atoms with Gasteiger partial charge in [0.2, 0.25) is 0 Å². The molecule has 23 heavy (non-hydrogen) atoms. The van der Waals surface area contributed by atoms with Crippen molar-refractivity contribution in [3.05, 3.63) is 56.6 Å². The Labute approximate surface area is 130 Å². The molecule has 1 aromatic carbocycles. The van der Waals surface area contributed by atoms with Crippen LogP contribution in [0.25, 0.3) is 0 Å². The van der Waals surface area contributed by atoms with Crippen molar-refractivity contribution in [3.63, 3.8) is 0 Å². The van der Waals surface area contributed by atoms with Gasteiger partial charge < -0.3 is 4.98 Å². The molecular formula is C14H14FN3O4S. The Morgan fingerprint density at radius 3 is 2.74 bits per heavy atom. The van der Waals surface area contributed by atoms with Crippen LogP contribution in [0.2, 0.25) is 0 Å². The molecule has 122 valence electrons. The number of nitrogens with zero attached hydrogens (tertiary/aromatic N) is 1. The second-order valence-corrected chi connectivity index (χ2v) is 7.18. The SMILES string of the molecule is C[C@@H]1CCc2cc(F)ccc2N1S(=O)(=O)c1c[nH]c(=O)[nH]c1=O. The summed E-state index contributed by atoms with van der Waals surface area (Å²) in [5, 5.41) is 0. The van der Waals surface area contributed by atoms with Crippen LogP contribution in [-0.2, 0) is 16.4 Å².